The Morgan fingerprint density at radius 1 is 0.688 bits per heavy atom. The van der Waals surface area contributed by atoms with Gasteiger partial charge in [0.05, 0.1) is 0 Å². The van der Waals surface area contributed by atoms with Crippen LogP contribution in [0.2, 0.25) is 0 Å². The number of rotatable bonds is 5. The van der Waals surface area contributed by atoms with E-state index < -0.39 is 0 Å². The Kier molecular flexibility index (Phi) is 9.98. The Balaban J connectivity index is 0. The highest BCUT2D eigenvalue weighted by Crippen LogP contribution is 2.10. The van der Waals surface area contributed by atoms with Crippen LogP contribution in [0, 0.1) is 0 Å². The summed E-state index contributed by atoms with van der Waals surface area (Å²) in [5, 5.41) is 0. The minimum absolute atomic E-state index is 0.894. The van der Waals surface area contributed by atoms with Gasteiger partial charge < -0.3 is 4.79 Å². The van der Waals surface area contributed by atoms with Gasteiger partial charge in [-0.2, -0.15) is 0 Å². The summed E-state index contributed by atoms with van der Waals surface area (Å²) in [6.45, 7) is 21.2. The summed E-state index contributed by atoms with van der Waals surface area (Å²) in [5.41, 5.74) is 3.79. The van der Waals surface area contributed by atoms with Crippen molar-refractivity contribution in [2.75, 3.05) is 0 Å². The molecule has 0 N–H and O–H groups in total. The third-order valence-corrected chi connectivity index (χ3v) is 1.55. The summed E-state index contributed by atoms with van der Waals surface area (Å²) in [5.74, 6) is 0. The maximum absolute atomic E-state index is 8.00. The number of allylic oxidation sites excluding steroid dienone is 8. The molecular weight excluding hydrogens is 196 g/mol. The van der Waals surface area contributed by atoms with Gasteiger partial charge in [0.25, 0.3) is 0 Å². The second-order valence-electron chi connectivity index (χ2n) is 3.41. The predicted octanol–water partition coefficient (Wildman–Crippen LogP) is 4.18. The normalized spacial score (nSPS) is 9.62. The van der Waals surface area contributed by atoms with Crippen molar-refractivity contribution in [2.45, 2.75) is 13.8 Å². The van der Waals surface area contributed by atoms with Crippen molar-refractivity contribution >= 4 is 6.79 Å². The van der Waals surface area contributed by atoms with Gasteiger partial charge in [0.1, 0.15) is 6.79 Å². The van der Waals surface area contributed by atoms with Crippen molar-refractivity contribution in [3.8, 4) is 0 Å². The van der Waals surface area contributed by atoms with E-state index >= 15 is 0 Å². The highest BCUT2D eigenvalue weighted by Gasteiger charge is 1.90. The summed E-state index contributed by atoms with van der Waals surface area (Å²) in [6.07, 6.45) is 7.66. The number of carbonyl (C=O) groups is 1. The Labute approximate surface area is 98.9 Å². The summed E-state index contributed by atoms with van der Waals surface area (Å²) >= 11 is 0. The molecule has 0 amide bonds. The van der Waals surface area contributed by atoms with E-state index in [0.717, 1.165) is 22.3 Å². The molecule has 0 aliphatic rings. The quantitative estimate of drug-likeness (QED) is 0.630. The second-order valence-corrected chi connectivity index (χ2v) is 3.41. The maximum Gasteiger partial charge on any atom is 0.106 e. The molecule has 0 unspecified atom stereocenters. The van der Waals surface area contributed by atoms with Crippen molar-refractivity contribution < 1.29 is 4.79 Å². The van der Waals surface area contributed by atoms with E-state index in [9.17, 15) is 0 Å². The van der Waals surface area contributed by atoms with Crippen molar-refractivity contribution in [2.24, 2.45) is 0 Å². The maximum atomic E-state index is 8.00. The van der Waals surface area contributed by atoms with Crippen LogP contribution in [0.3, 0.4) is 0 Å². The monoisotopic (exact) mass is 216 g/mol. The number of hydrogen-bond donors (Lipinski definition) is 0. The molecule has 0 aliphatic carbocycles. The van der Waals surface area contributed by atoms with Gasteiger partial charge in [0.15, 0.2) is 0 Å². The first-order valence-corrected chi connectivity index (χ1v) is 4.77. The summed E-state index contributed by atoms with van der Waals surface area (Å²) in [7, 11) is 0. The molecule has 0 aliphatic heterocycles. The van der Waals surface area contributed by atoms with E-state index in [0.29, 0.717) is 0 Å². The summed E-state index contributed by atoms with van der Waals surface area (Å²) in [4.78, 5) is 8.00. The number of hydrogen-bond acceptors (Lipinski definition) is 1. The van der Waals surface area contributed by atoms with Crippen LogP contribution in [0.1, 0.15) is 13.8 Å². The molecule has 0 saturated heterocycles. The van der Waals surface area contributed by atoms with Crippen LogP contribution in [-0.2, 0) is 4.79 Å². The smallest absolute Gasteiger partial charge is 0.106 e. The molecule has 0 atom stereocenters. The lowest BCUT2D eigenvalue weighted by Crippen LogP contribution is -1.78. The third-order valence-electron chi connectivity index (χ3n) is 1.55. The molecular formula is C15H20O. The minimum Gasteiger partial charge on any atom is -0.307 e. The molecule has 86 valence electrons. The first-order chi connectivity index (χ1) is 7.43. The van der Waals surface area contributed by atoms with Gasteiger partial charge in [-0.3, -0.25) is 0 Å². The molecule has 16 heavy (non-hydrogen) atoms. The van der Waals surface area contributed by atoms with E-state index in [2.05, 4.69) is 26.3 Å². The molecule has 0 aromatic rings. The standard InChI is InChI=1S/C14H18.CH2O/c1-11(2)7-9-13(5)14(6)10-8-12(3)4;1-2/h7-10H,1,3,5-6H2,2,4H3;1H2/b9-7-,10-8-;. The lowest BCUT2D eigenvalue weighted by atomic mass is 10.1. The van der Waals surface area contributed by atoms with Crippen molar-refractivity contribution in [3.63, 3.8) is 0 Å². The molecule has 0 bridgehead atoms. The Morgan fingerprint density at radius 3 is 1.12 bits per heavy atom. The number of carbonyl (C=O) groups excluding carboxylic acids is 1. The van der Waals surface area contributed by atoms with Crippen LogP contribution in [0.25, 0.3) is 0 Å². The molecule has 0 radical (unpaired) electrons. The fraction of sp³-hybridized carbons (Fsp3) is 0.133. The largest absolute Gasteiger partial charge is 0.307 e. The van der Waals surface area contributed by atoms with E-state index in [4.69, 9.17) is 4.79 Å². The van der Waals surface area contributed by atoms with Crippen molar-refractivity contribution in [3.05, 3.63) is 72.9 Å². The lowest BCUT2D eigenvalue weighted by molar-refractivity contribution is -0.0979. The zero-order chi connectivity index (χ0) is 13.1. The zero-order valence-corrected chi connectivity index (χ0v) is 10.3. The van der Waals surface area contributed by atoms with Gasteiger partial charge in [-0.25, -0.2) is 0 Å². The molecule has 0 saturated carbocycles. The Hall–Kier alpha value is -1.89. The fourth-order valence-corrected chi connectivity index (χ4v) is 0.700. The average Bonchev–Trinajstić information content (AvgIpc) is 2.25. The van der Waals surface area contributed by atoms with Crippen LogP contribution < -0.4 is 0 Å². The van der Waals surface area contributed by atoms with Crippen molar-refractivity contribution in [1.29, 1.82) is 0 Å². The van der Waals surface area contributed by atoms with Crippen LogP contribution in [0.4, 0.5) is 0 Å². The third kappa shape index (κ3) is 10.2. The molecule has 0 fully saturated rings. The highest BCUT2D eigenvalue weighted by atomic mass is 16.1. The minimum atomic E-state index is 0.894. The molecule has 0 aromatic heterocycles. The Bertz CT molecular complexity index is 306. The van der Waals surface area contributed by atoms with Gasteiger partial charge in [-0.15, -0.1) is 0 Å². The van der Waals surface area contributed by atoms with Gasteiger partial charge in [-0.05, 0) is 25.0 Å². The first-order valence-electron chi connectivity index (χ1n) is 4.77. The molecule has 0 spiro atoms. The summed E-state index contributed by atoms with van der Waals surface area (Å²) < 4.78 is 0. The highest BCUT2D eigenvalue weighted by molar-refractivity contribution is 5.45. The van der Waals surface area contributed by atoms with Gasteiger partial charge in [-0.1, -0.05) is 61.8 Å². The molecule has 1 heteroatoms. The second kappa shape index (κ2) is 9.66. The SMILES string of the molecule is C=C(C)/C=C\C(=C)C(=C)/C=C\C(=C)C.C=O. The van der Waals surface area contributed by atoms with Crippen LogP contribution >= 0.6 is 0 Å². The Morgan fingerprint density at radius 2 is 0.938 bits per heavy atom. The van der Waals surface area contributed by atoms with E-state index in [1.165, 1.54) is 0 Å². The first kappa shape index (κ1) is 16.5. The van der Waals surface area contributed by atoms with Gasteiger partial charge in [0, 0.05) is 0 Å². The molecule has 0 aromatic carbocycles. The van der Waals surface area contributed by atoms with Gasteiger partial charge in [0.2, 0.25) is 0 Å². The van der Waals surface area contributed by atoms with E-state index in [-0.39, 0.29) is 0 Å². The van der Waals surface area contributed by atoms with E-state index in [1.54, 1.807) is 0 Å². The van der Waals surface area contributed by atoms with Crippen molar-refractivity contribution in [1.82, 2.24) is 0 Å². The fourth-order valence-electron chi connectivity index (χ4n) is 0.700. The predicted molar refractivity (Wildman–Crippen MR) is 73.3 cm³/mol. The molecule has 0 heterocycles. The van der Waals surface area contributed by atoms with Gasteiger partial charge >= 0.3 is 0 Å². The molecule has 0 rings (SSSR count). The molecule has 1 nitrogen and oxygen atoms in total. The summed E-state index contributed by atoms with van der Waals surface area (Å²) in [6, 6.07) is 0. The van der Waals surface area contributed by atoms with Crippen LogP contribution in [0.5, 0.6) is 0 Å². The van der Waals surface area contributed by atoms with Crippen LogP contribution in [-0.4, -0.2) is 6.79 Å². The zero-order valence-electron chi connectivity index (χ0n) is 10.3. The average molecular weight is 216 g/mol. The van der Waals surface area contributed by atoms with Crippen LogP contribution in [0.15, 0.2) is 72.9 Å². The topological polar surface area (TPSA) is 17.1 Å². The van der Waals surface area contributed by atoms with E-state index in [1.807, 2.05) is 44.9 Å². The lowest BCUT2D eigenvalue weighted by Gasteiger charge is -1.98.